The van der Waals surface area contributed by atoms with E-state index in [0.29, 0.717) is 0 Å². The van der Waals surface area contributed by atoms with Crippen molar-refractivity contribution in [3.8, 4) is 55.6 Å². The van der Waals surface area contributed by atoms with Crippen LogP contribution in [0, 0.1) is 27.7 Å². The van der Waals surface area contributed by atoms with Gasteiger partial charge in [0.1, 0.15) is 0 Å². The smallest absolute Gasteiger partial charge is 0.0462 e. The third kappa shape index (κ3) is 10.2. The Bertz CT molecular complexity index is 4840. The largest absolute Gasteiger partial charge is 0.311 e. The first kappa shape index (κ1) is 54.8. The molecule has 0 fully saturated rings. The van der Waals surface area contributed by atoms with Crippen molar-refractivity contribution >= 4 is 55.7 Å². The van der Waals surface area contributed by atoms with E-state index >= 15 is 0 Å². The molecule has 0 unspecified atom stereocenters. The number of fused-ring (bicyclic) bond motifs is 5. The second-order valence-electron chi connectivity index (χ2n) is 24.3. The lowest BCUT2D eigenvalue weighted by atomic mass is 9.69. The summed E-state index contributed by atoms with van der Waals surface area (Å²) in [5.41, 5.74) is 29.5. The first-order valence-corrected chi connectivity index (χ1v) is 31.2. The van der Waals surface area contributed by atoms with Gasteiger partial charge < -0.3 is 9.80 Å². The average molecular weight is 1140 g/mol. The van der Waals surface area contributed by atoms with Gasteiger partial charge in [-0.05, 0) is 236 Å². The zero-order chi connectivity index (χ0) is 60.0. The summed E-state index contributed by atoms with van der Waals surface area (Å²) in [5, 5.41) is 5.15. The van der Waals surface area contributed by atoms with Crippen molar-refractivity contribution in [2.24, 2.45) is 0 Å². The highest BCUT2D eigenvalue weighted by Gasteiger charge is 2.43. The van der Waals surface area contributed by atoms with E-state index in [2.05, 4.69) is 353 Å². The highest BCUT2D eigenvalue weighted by atomic mass is 15.1. The maximum atomic E-state index is 2.50. The Kier molecular flexibility index (Phi) is 14.3. The third-order valence-corrected chi connectivity index (χ3v) is 18.7. The molecule has 0 aliphatic heterocycles. The molecule has 14 aromatic carbocycles. The van der Waals surface area contributed by atoms with Gasteiger partial charge in [0.2, 0.25) is 0 Å². The van der Waals surface area contributed by atoms with Gasteiger partial charge >= 0.3 is 0 Å². The number of aryl methyl sites for hydroxylation is 4. The quantitative estimate of drug-likeness (QED) is 0.107. The van der Waals surface area contributed by atoms with E-state index in [1.807, 2.05) is 0 Å². The summed E-state index contributed by atoms with van der Waals surface area (Å²) >= 11 is 0. The minimum atomic E-state index is -0.242. The number of para-hydroxylation sites is 2. The van der Waals surface area contributed by atoms with Crippen LogP contribution in [0.4, 0.5) is 34.1 Å². The standard InChI is InChI=1S/C87H68N2/c1-59-33-51-78-79-52-42-69(56-84(79)87(83(78)53-59,57-63-21-9-5-10-22-63)58-64-23-11-6-12-24-64)67-38-47-74(48-39-67)88(70-25-13-7-14-26-70)72-43-34-65(35-44-72)66-36-45-73(46-37-66)89(71-27-15-8-16-28-71)75-49-40-68(41-50-75)82-55-62(4)86(81-32-20-18-30-77(81)82)85-61(3)54-60(2)76-29-17-19-31-80(76)85/h5-56H,57-58H2,1-4H3. The molecular formula is C87H68N2. The Morgan fingerprint density at radius 1 is 0.247 bits per heavy atom. The lowest BCUT2D eigenvalue weighted by molar-refractivity contribution is 0.520. The predicted octanol–water partition coefficient (Wildman–Crippen LogP) is 23.6. The van der Waals surface area contributed by atoms with Gasteiger partial charge in [0.25, 0.3) is 0 Å². The highest BCUT2D eigenvalue weighted by molar-refractivity contribution is 6.12. The molecule has 426 valence electrons. The third-order valence-electron chi connectivity index (χ3n) is 18.7. The zero-order valence-corrected chi connectivity index (χ0v) is 50.8. The first-order valence-electron chi connectivity index (χ1n) is 31.2. The Balaban J connectivity index is 0.717. The van der Waals surface area contributed by atoms with E-state index in [9.17, 15) is 0 Å². The molecule has 15 rings (SSSR count). The van der Waals surface area contributed by atoms with Gasteiger partial charge in [-0.15, -0.1) is 0 Å². The predicted molar refractivity (Wildman–Crippen MR) is 378 cm³/mol. The number of hydrogen-bond donors (Lipinski definition) is 0. The lowest BCUT2D eigenvalue weighted by Gasteiger charge is -2.33. The van der Waals surface area contributed by atoms with Crippen LogP contribution >= 0.6 is 0 Å². The van der Waals surface area contributed by atoms with Crippen LogP contribution in [0.15, 0.2) is 315 Å². The van der Waals surface area contributed by atoms with E-state index < -0.39 is 0 Å². The second kappa shape index (κ2) is 23.1. The fourth-order valence-corrected chi connectivity index (χ4v) is 14.5. The van der Waals surface area contributed by atoms with Crippen LogP contribution in [0.25, 0.3) is 77.2 Å². The van der Waals surface area contributed by atoms with Gasteiger partial charge in [-0.25, -0.2) is 0 Å². The molecule has 1 aliphatic rings. The van der Waals surface area contributed by atoms with E-state index in [1.165, 1.54) is 111 Å². The average Bonchev–Trinajstić information content (AvgIpc) is 1.65. The fourth-order valence-electron chi connectivity index (χ4n) is 14.5. The van der Waals surface area contributed by atoms with E-state index in [-0.39, 0.29) is 5.41 Å². The molecule has 0 N–H and O–H groups in total. The van der Waals surface area contributed by atoms with Crippen molar-refractivity contribution < 1.29 is 0 Å². The number of rotatable bonds is 14. The van der Waals surface area contributed by atoms with Crippen molar-refractivity contribution in [2.75, 3.05) is 9.80 Å². The van der Waals surface area contributed by atoms with Crippen LogP contribution in [0.2, 0.25) is 0 Å². The molecule has 0 aromatic heterocycles. The van der Waals surface area contributed by atoms with Gasteiger partial charge in [0.15, 0.2) is 0 Å². The Morgan fingerprint density at radius 2 is 0.596 bits per heavy atom. The van der Waals surface area contributed by atoms with Crippen LogP contribution in [0.5, 0.6) is 0 Å². The Hall–Kier alpha value is -10.8. The number of nitrogens with zero attached hydrogens (tertiary/aromatic N) is 2. The minimum absolute atomic E-state index is 0.242. The topological polar surface area (TPSA) is 6.48 Å². The van der Waals surface area contributed by atoms with Crippen molar-refractivity contribution in [3.05, 3.63) is 360 Å². The summed E-state index contributed by atoms with van der Waals surface area (Å²) in [6.45, 7) is 8.99. The van der Waals surface area contributed by atoms with Gasteiger partial charge in [0.05, 0.1) is 0 Å². The minimum Gasteiger partial charge on any atom is -0.311 e. The first-order chi connectivity index (χ1) is 43.7. The summed E-state index contributed by atoms with van der Waals surface area (Å²) in [4.78, 5) is 4.71. The molecule has 14 aromatic rings. The van der Waals surface area contributed by atoms with E-state index in [4.69, 9.17) is 0 Å². The van der Waals surface area contributed by atoms with Crippen LogP contribution in [-0.4, -0.2) is 0 Å². The van der Waals surface area contributed by atoms with Gasteiger partial charge in [-0.1, -0.05) is 242 Å². The summed E-state index contributed by atoms with van der Waals surface area (Å²) in [7, 11) is 0. The maximum Gasteiger partial charge on any atom is 0.0462 e. The molecule has 0 bridgehead atoms. The monoisotopic (exact) mass is 1140 g/mol. The molecule has 0 saturated heterocycles. The van der Waals surface area contributed by atoms with Crippen LogP contribution < -0.4 is 9.80 Å². The molecule has 89 heavy (non-hydrogen) atoms. The molecule has 0 radical (unpaired) electrons. The van der Waals surface area contributed by atoms with Gasteiger partial charge in [0, 0.05) is 39.5 Å². The van der Waals surface area contributed by atoms with E-state index in [0.717, 1.165) is 58.1 Å². The van der Waals surface area contributed by atoms with Crippen molar-refractivity contribution in [1.82, 2.24) is 0 Å². The Morgan fingerprint density at radius 3 is 1.08 bits per heavy atom. The number of benzene rings is 14. The fraction of sp³-hybridized carbons (Fsp3) is 0.0805. The number of anilines is 6. The molecule has 0 spiro atoms. The molecule has 1 aliphatic carbocycles. The molecule has 2 heteroatoms. The summed E-state index contributed by atoms with van der Waals surface area (Å²) < 4.78 is 0. The number of hydrogen-bond acceptors (Lipinski definition) is 2. The molecular weight excluding hydrogens is 1070 g/mol. The highest BCUT2D eigenvalue weighted by Crippen LogP contribution is 2.54. The maximum absolute atomic E-state index is 2.50. The molecule has 0 heterocycles. The zero-order valence-electron chi connectivity index (χ0n) is 50.8. The Labute approximate surface area is 523 Å². The van der Waals surface area contributed by atoms with Crippen LogP contribution in [0.1, 0.15) is 44.5 Å². The molecule has 0 saturated carbocycles. The van der Waals surface area contributed by atoms with Crippen molar-refractivity contribution in [3.63, 3.8) is 0 Å². The normalized spacial score (nSPS) is 12.2. The SMILES string of the molecule is Cc1ccc2c(c1)C(Cc1ccccc1)(Cc1ccccc1)c1cc(-c3ccc(N(c4ccccc4)c4ccc(-c5ccc(N(c6ccccc6)c6ccc(-c7cc(C)c(-c8c(C)cc(C)c9ccccc89)c8ccccc78)cc6)cc5)cc4)cc3)ccc1-2. The van der Waals surface area contributed by atoms with Gasteiger partial charge in [-0.2, -0.15) is 0 Å². The second-order valence-corrected chi connectivity index (χ2v) is 24.3. The summed E-state index contributed by atoms with van der Waals surface area (Å²) in [6.07, 6.45) is 1.83. The summed E-state index contributed by atoms with van der Waals surface area (Å²) in [6, 6.07) is 117. The molecule has 2 nitrogen and oxygen atoms in total. The molecule has 0 amide bonds. The van der Waals surface area contributed by atoms with Crippen molar-refractivity contribution in [2.45, 2.75) is 46.0 Å². The lowest BCUT2D eigenvalue weighted by Crippen LogP contribution is -2.31. The van der Waals surface area contributed by atoms with Crippen molar-refractivity contribution in [1.29, 1.82) is 0 Å². The van der Waals surface area contributed by atoms with Gasteiger partial charge in [-0.3, -0.25) is 0 Å². The molecule has 0 atom stereocenters. The summed E-state index contributed by atoms with van der Waals surface area (Å²) in [5.74, 6) is 0. The van der Waals surface area contributed by atoms with Crippen LogP contribution in [-0.2, 0) is 18.3 Å². The van der Waals surface area contributed by atoms with E-state index in [1.54, 1.807) is 0 Å². The van der Waals surface area contributed by atoms with Crippen LogP contribution in [0.3, 0.4) is 0 Å².